The minimum atomic E-state index is 1.02. The zero-order valence-electron chi connectivity index (χ0n) is 12.2. The van der Waals surface area contributed by atoms with Gasteiger partial charge in [-0.25, -0.2) is 0 Å². The monoisotopic (exact) mass is 226 g/mol. The van der Waals surface area contributed by atoms with E-state index in [1.54, 1.807) is 0 Å². The van der Waals surface area contributed by atoms with Crippen LogP contribution in [-0.2, 0) is 0 Å². The smallest absolute Gasteiger partial charge is 0.0386 e. The van der Waals surface area contributed by atoms with Crippen molar-refractivity contribution in [2.45, 2.75) is 91.9 Å². The largest absolute Gasteiger partial charge is 0.0654 e. The maximum atomic E-state index is 2.35. The molecule has 0 aliphatic rings. The van der Waals surface area contributed by atoms with Crippen LogP contribution in [0, 0.1) is 11.8 Å². The quantitative estimate of drug-likeness (QED) is 0.368. The zero-order chi connectivity index (χ0) is 12.2. The van der Waals surface area contributed by atoms with Crippen LogP contribution in [0.5, 0.6) is 0 Å². The molecule has 0 heterocycles. The molecule has 0 heteroatoms. The molecule has 0 aliphatic heterocycles. The molecule has 0 aromatic heterocycles. The third-order valence-electron chi connectivity index (χ3n) is 3.82. The van der Waals surface area contributed by atoms with Gasteiger partial charge in [0.2, 0.25) is 0 Å². The lowest BCUT2D eigenvalue weighted by atomic mass is 9.79. The van der Waals surface area contributed by atoms with Crippen LogP contribution in [0.3, 0.4) is 0 Å². The lowest BCUT2D eigenvalue weighted by molar-refractivity contribution is 0.250. The van der Waals surface area contributed by atoms with Crippen LogP contribution in [0.25, 0.3) is 0 Å². The highest BCUT2D eigenvalue weighted by molar-refractivity contribution is 4.70. The highest BCUT2D eigenvalue weighted by Gasteiger charge is 2.18. The van der Waals surface area contributed by atoms with Gasteiger partial charge in [-0.3, -0.25) is 0 Å². The molecule has 0 aromatic rings. The van der Waals surface area contributed by atoms with Crippen molar-refractivity contribution in [3.8, 4) is 0 Å². The summed E-state index contributed by atoms with van der Waals surface area (Å²) in [4.78, 5) is 0. The molecule has 0 aromatic carbocycles. The van der Waals surface area contributed by atoms with E-state index in [2.05, 4.69) is 27.7 Å². The second-order valence-electron chi connectivity index (χ2n) is 5.38. The minimum Gasteiger partial charge on any atom is -0.0654 e. The summed E-state index contributed by atoms with van der Waals surface area (Å²) in [7, 11) is 0. The van der Waals surface area contributed by atoms with Crippen LogP contribution in [0.2, 0.25) is 0 Å². The van der Waals surface area contributed by atoms with Crippen molar-refractivity contribution < 1.29 is 0 Å². The van der Waals surface area contributed by atoms with Crippen LogP contribution in [0.1, 0.15) is 91.9 Å². The summed E-state index contributed by atoms with van der Waals surface area (Å²) in [5, 5.41) is 0. The molecule has 16 heavy (non-hydrogen) atoms. The van der Waals surface area contributed by atoms with Gasteiger partial charge in [-0.2, -0.15) is 0 Å². The Kier molecular flexibility index (Phi) is 11.5. The summed E-state index contributed by atoms with van der Waals surface area (Å²) >= 11 is 0. The van der Waals surface area contributed by atoms with Crippen molar-refractivity contribution in [2.75, 3.05) is 0 Å². The molecule has 1 unspecified atom stereocenters. The minimum absolute atomic E-state index is 1.02. The van der Waals surface area contributed by atoms with Crippen molar-refractivity contribution >= 4 is 0 Å². The molecular weight excluding hydrogens is 192 g/mol. The van der Waals surface area contributed by atoms with Crippen molar-refractivity contribution in [3.63, 3.8) is 0 Å². The number of hydrogen-bond acceptors (Lipinski definition) is 0. The van der Waals surface area contributed by atoms with Crippen molar-refractivity contribution in [1.29, 1.82) is 0 Å². The Hall–Kier alpha value is 0. The molecule has 0 nitrogen and oxygen atoms in total. The summed E-state index contributed by atoms with van der Waals surface area (Å²) in [5.74, 6) is 2.04. The van der Waals surface area contributed by atoms with Gasteiger partial charge in [0.25, 0.3) is 0 Å². The van der Waals surface area contributed by atoms with E-state index in [9.17, 15) is 0 Å². The third kappa shape index (κ3) is 7.30. The Bertz CT molecular complexity index is 122. The van der Waals surface area contributed by atoms with Gasteiger partial charge in [-0.05, 0) is 11.8 Å². The Balaban J connectivity index is 4.08. The average molecular weight is 226 g/mol. The number of unbranched alkanes of at least 4 members (excludes halogenated alkanes) is 2. The lowest BCUT2D eigenvalue weighted by Gasteiger charge is -2.26. The molecule has 0 bridgehead atoms. The molecule has 0 saturated carbocycles. The van der Waals surface area contributed by atoms with Crippen molar-refractivity contribution in [3.05, 3.63) is 0 Å². The van der Waals surface area contributed by atoms with Gasteiger partial charge in [-0.1, -0.05) is 91.9 Å². The van der Waals surface area contributed by atoms with Gasteiger partial charge in [0.05, 0.1) is 0 Å². The van der Waals surface area contributed by atoms with Crippen LogP contribution < -0.4 is 0 Å². The highest BCUT2D eigenvalue weighted by atomic mass is 14.2. The first-order valence-electron chi connectivity index (χ1n) is 7.79. The van der Waals surface area contributed by atoms with E-state index in [0.29, 0.717) is 0 Å². The Labute approximate surface area is 104 Å². The Morgan fingerprint density at radius 1 is 0.500 bits per heavy atom. The molecule has 0 aliphatic carbocycles. The second-order valence-corrected chi connectivity index (χ2v) is 5.38. The summed E-state index contributed by atoms with van der Waals surface area (Å²) in [6, 6.07) is 0. The van der Waals surface area contributed by atoms with E-state index in [1.165, 1.54) is 64.2 Å². The fourth-order valence-corrected chi connectivity index (χ4v) is 3.00. The van der Waals surface area contributed by atoms with E-state index in [-0.39, 0.29) is 0 Å². The molecule has 0 N–H and O–H groups in total. The summed E-state index contributed by atoms with van der Waals surface area (Å²) in [6.45, 7) is 9.35. The highest BCUT2D eigenvalue weighted by Crippen LogP contribution is 2.31. The molecule has 0 rings (SSSR count). The number of rotatable bonds is 11. The van der Waals surface area contributed by atoms with E-state index in [1.807, 2.05) is 0 Å². The molecule has 0 radical (unpaired) electrons. The van der Waals surface area contributed by atoms with Crippen LogP contribution in [0.4, 0.5) is 0 Å². The predicted octanol–water partition coefficient (Wildman–Crippen LogP) is 6.20. The predicted molar refractivity (Wildman–Crippen MR) is 75.8 cm³/mol. The van der Waals surface area contributed by atoms with Gasteiger partial charge < -0.3 is 0 Å². The normalized spacial score (nSPS) is 13.3. The SMILES string of the molecule is CCCCCC(CCC)C(CCC)CCC. The van der Waals surface area contributed by atoms with Crippen molar-refractivity contribution in [1.82, 2.24) is 0 Å². The molecule has 1 atom stereocenters. The molecule has 0 fully saturated rings. The van der Waals surface area contributed by atoms with Gasteiger partial charge in [0.1, 0.15) is 0 Å². The average Bonchev–Trinajstić information content (AvgIpc) is 2.28. The lowest BCUT2D eigenvalue weighted by Crippen LogP contribution is -2.15. The first-order valence-corrected chi connectivity index (χ1v) is 7.79. The Morgan fingerprint density at radius 3 is 1.31 bits per heavy atom. The first kappa shape index (κ1) is 16.0. The summed E-state index contributed by atoms with van der Waals surface area (Å²) in [5.41, 5.74) is 0. The van der Waals surface area contributed by atoms with Crippen LogP contribution in [0.15, 0.2) is 0 Å². The molecule has 0 saturated heterocycles. The fraction of sp³-hybridized carbons (Fsp3) is 1.00. The Morgan fingerprint density at radius 2 is 0.938 bits per heavy atom. The second kappa shape index (κ2) is 11.5. The zero-order valence-corrected chi connectivity index (χ0v) is 12.2. The maximum Gasteiger partial charge on any atom is -0.0386 e. The fourth-order valence-electron chi connectivity index (χ4n) is 3.00. The van der Waals surface area contributed by atoms with Crippen LogP contribution in [-0.4, -0.2) is 0 Å². The summed E-state index contributed by atoms with van der Waals surface area (Å²) < 4.78 is 0. The third-order valence-corrected chi connectivity index (χ3v) is 3.82. The maximum absolute atomic E-state index is 2.35. The van der Waals surface area contributed by atoms with Gasteiger partial charge in [0.15, 0.2) is 0 Å². The molecule has 0 amide bonds. The van der Waals surface area contributed by atoms with E-state index >= 15 is 0 Å². The topological polar surface area (TPSA) is 0 Å². The molecule has 0 spiro atoms. The summed E-state index contributed by atoms with van der Waals surface area (Å²) in [6.07, 6.45) is 14.3. The van der Waals surface area contributed by atoms with E-state index in [0.717, 1.165) is 11.8 Å². The standard InChI is InChI=1S/C16H34/c1-5-9-10-14-16(13-8-4)15(11-6-2)12-7-3/h15-16H,5-14H2,1-4H3. The number of hydrogen-bond donors (Lipinski definition) is 0. The van der Waals surface area contributed by atoms with Crippen molar-refractivity contribution in [2.24, 2.45) is 11.8 Å². The van der Waals surface area contributed by atoms with Gasteiger partial charge >= 0.3 is 0 Å². The molecular formula is C16H34. The van der Waals surface area contributed by atoms with E-state index < -0.39 is 0 Å². The van der Waals surface area contributed by atoms with Gasteiger partial charge in [-0.15, -0.1) is 0 Å². The van der Waals surface area contributed by atoms with E-state index in [4.69, 9.17) is 0 Å². The van der Waals surface area contributed by atoms with Gasteiger partial charge in [0, 0.05) is 0 Å². The van der Waals surface area contributed by atoms with Crippen LogP contribution >= 0.6 is 0 Å². The molecule has 98 valence electrons. The first-order chi connectivity index (χ1) is 7.79.